The van der Waals surface area contributed by atoms with E-state index in [0.717, 1.165) is 12.8 Å². The van der Waals surface area contributed by atoms with E-state index in [1.807, 2.05) is 0 Å². The lowest BCUT2D eigenvalue weighted by molar-refractivity contribution is -0.121. The van der Waals surface area contributed by atoms with Crippen LogP contribution in [0.15, 0.2) is 24.3 Å². The fourth-order valence-corrected chi connectivity index (χ4v) is 2.22. The molecule has 1 fully saturated rings. The maximum atomic E-state index is 11.8. The number of benzene rings is 1. The van der Waals surface area contributed by atoms with Crippen molar-refractivity contribution in [3.63, 3.8) is 0 Å². The van der Waals surface area contributed by atoms with Crippen LogP contribution in [0.2, 0.25) is 5.02 Å². The molecule has 2 rings (SSSR count). The molecule has 0 radical (unpaired) electrons. The van der Waals surface area contributed by atoms with Crippen LogP contribution in [0.5, 0.6) is 0 Å². The summed E-state index contributed by atoms with van der Waals surface area (Å²) in [5.41, 5.74) is 0.478. The Hall–Kier alpha value is -1.59. The molecule has 5 nitrogen and oxygen atoms in total. The lowest BCUT2D eigenvalue weighted by Gasteiger charge is -2.12. The largest absolute Gasteiger partial charge is 0.396 e. The van der Waals surface area contributed by atoms with Crippen molar-refractivity contribution in [3.8, 4) is 0 Å². The minimum atomic E-state index is -0.172. The van der Waals surface area contributed by atoms with Crippen LogP contribution in [-0.2, 0) is 4.79 Å². The Balaban J connectivity index is 1.59. The molecule has 0 aliphatic heterocycles. The first-order chi connectivity index (χ1) is 10.5. The molecule has 1 aromatic carbocycles. The molecule has 1 aliphatic carbocycles. The zero-order chi connectivity index (χ0) is 16.0. The van der Waals surface area contributed by atoms with Gasteiger partial charge >= 0.3 is 0 Å². The lowest BCUT2D eigenvalue weighted by atomic mass is 10.1. The van der Waals surface area contributed by atoms with E-state index in [-0.39, 0.29) is 23.8 Å². The molecular formula is C16H21ClN2O3. The van der Waals surface area contributed by atoms with Crippen LogP contribution in [0, 0.1) is 5.41 Å². The fourth-order valence-electron chi connectivity index (χ4n) is 2.10. The standard InChI is InChI=1S/C16H21ClN2O3/c17-13-5-3-12(4-6-13)15(22)18-9-1-2-14(21)19-10-16(11-20)7-8-16/h3-6,20H,1-2,7-11H2,(H,18,22)(H,19,21). The Kier molecular flexibility index (Phi) is 5.80. The summed E-state index contributed by atoms with van der Waals surface area (Å²) in [4.78, 5) is 23.5. The number of halogens is 1. The van der Waals surface area contributed by atoms with Crippen LogP contribution >= 0.6 is 11.6 Å². The zero-order valence-electron chi connectivity index (χ0n) is 12.4. The van der Waals surface area contributed by atoms with Crippen LogP contribution in [-0.4, -0.2) is 36.6 Å². The number of hydrogen-bond acceptors (Lipinski definition) is 3. The van der Waals surface area contributed by atoms with Crippen LogP contribution in [0.4, 0.5) is 0 Å². The fraction of sp³-hybridized carbons (Fsp3) is 0.500. The molecule has 3 N–H and O–H groups in total. The SMILES string of the molecule is O=C(CCCNC(=O)c1ccc(Cl)cc1)NCC1(CO)CC1. The summed E-state index contributed by atoms with van der Waals surface area (Å²) in [5, 5.41) is 15.4. The molecule has 0 saturated heterocycles. The molecule has 1 aliphatic rings. The number of aliphatic hydroxyl groups is 1. The number of hydrogen-bond donors (Lipinski definition) is 3. The molecule has 22 heavy (non-hydrogen) atoms. The van der Waals surface area contributed by atoms with Crippen molar-refractivity contribution >= 4 is 23.4 Å². The van der Waals surface area contributed by atoms with Gasteiger partial charge in [0.05, 0.1) is 6.61 Å². The third-order valence-corrected chi connectivity index (χ3v) is 4.18. The minimum Gasteiger partial charge on any atom is -0.396 e. The summed E-state index contributed by atoms with van der Waals surface area (Å²) in [6, 6.07) is 6.65. The first-order valence-electron chi connectivity index (χ1n) is 7.46. The van der Waals surface area contributed by atoms with Gasteiger partial charge in [0.15, 0.2) is 0 Å². The smallest absolute Gasteiger partial charge is 0.251 e. The van der Waals surface area contributed by atoms with Crippen molar-refractivity contribution in [1.29, 1.82) is 0 Å². The van der Waals surface area contributed by atoms with Gasteiger partial charge in [-0.05, 0) is 43.5 Å². The third-order valence-electron chi connectivity index (χ3n) is 3.93. The maximum absolute atomic E-state index is 11.8. The van der Waals surface area contributed by atoms with E-state index < -0.39 is 0 Å². The predicted molar refractivity (Wildman–Crippen MR) is 84.8 cm³/mol. The highest BCUT2D eigenvalue weighted by Crippen LogP contribution is 2.44. The van der Waals surface area contributed by atoms with Crippen molar-refractivity contribution in [2.45, 2.75) is 25.7 Å². The van der Waals surface area contributed by atoms with Crippen molar-refractivity contribution in [2.24, 2.45) is 5.41 Å². The van der Waals surface area contributed by atoms with E-state index in [9.17, 15) is 9.59 Å². The molecule has 0 aromatic heterocycles. The molecule has 2 amide bonds. The number of aliphatic hydroxyl groups excluding tert-OH is 1. The highest BCUT2D eigenvalue weighted by Gasteiger charge is 2.41. The van der Waals surface area contributed by atoms with Gasteiger partial charge in [-0.25, -0.2) is 0 Å². The topological polar surface area (TPSA) is 78.4 Å². The van der Waals surface area contributed by atoms with E-state index in [4.69, 9.17) is 16.7 Å². The molecule has 0 atom stereocenters. The van der Waals surface area contributed by atoms with Gasteiger partial charge in [-0.1, -0.05) is 11.6 Å². The summed E-state index contributed by atoms with van der Waals surface area (Å²) < 4.78 is 0. The quantitative estimate of drug-likeness (QED) is 0.637. The van der Waals surface area contributed by atoms with E-state index in [2.05, 4.69) is 10.6 Å². The van der Waals surface area contributed by atoms with Gasteiger partial charge in [0.25, 0.3) is 5.91 Å². The minimum absolute atomic E-state index is 0.0412. The Morgan fingerprint density at radius 3 is 2.45 bits per heavy atom. The van der Waals surface area contributed by atoms with Gasteiger partial charge < -0.3 is 15.7 Å². The molecule has 1 aromatic rings. The summed E-state index contributed by atoms with van der Waals surface area (Å²) in [5.74, 6) is -0.213. The molecule has 0 heterocycles. The number of nitrogens with one attached hydrogen (secondary N) is 2. The molecule has 6 heteroatoms. The molecule has 1 saturated carbocycles. The second-order valence-electron chi connectivity index (χ2n) is 5.80. The summed E-state index contributed by atoms with van der Waals surface area (Å²) in [6.45, 7) is 1.11. The summed E-state index contributed by atoms with van der Waals surface area (Å²) in [6.07, 6.45) is 2.89. The van der Waals surface area contributed by atoms with Gasteiger partial charge in [0.2, 0.25) is 5.91 Å². The van der Waals surface area contributed by atoms with Crippen LogP contribution in [0.25, 0.3) is 0 Å². The second kappa shape index (κ2) is 7.61. The van der Waals surface area contributed by atoms with Gasteiger partial charge in [0.1, 0.15) is 0 Å². The summed E-state index contributed by atoms with van der Waals surface area (Å²) >= 11 is 5.76. The van der Waals surface area contributed by atoms with E-state index >= 15 is 0 Å². The first-order valence-corrected chi connectivity index (χ1v) is 7.84. The number of amides is 2. The Bertz CT molecular complexity index is 527. The lowest BCUT2D eigenvalue weighted by Crippen LogP contribution is -2.32. The van der Waals surface area contributed by atoms with Crippen LogP contribution in [0.3, 0.4) is 0 Å². The van der Waals surface area contributed by atoms with Gasteiger partial charge in [0, 0.05) is 35.5 Å². The first kappa shape index (κ1) is 16.8. The molecule has 0 bridgehead atoms. The van der Waals surface area contributed by atoms with Crippen molar-refractivity contribution in [2.75, 3.05) is 19.7 Å². The Morgan fingerprint density at radius 2 is 1.86 bits per heavy atom. The van der Waals surface area contributed by atoms with Gasteiger partial charge in [-0.2, -0.15) is 0 Å². The Morgan fingerprint density at radius 1 is 1.18 bits per heavy atom. The average molecular weight is 325 g/mol. The number of carbonyl (C=O) groups excluding carboxylic acids is 2. The van der Waals surface area contributed by atoms with Gasteiger partial charge in [-0.3, -0.25) is 9.59 Å². The normalized spacial score (nSPS) is 15.2. The number of rotatable bonds is 8. The van der Waals surface area contributed by atoms with E-state index in [1.54, 1.807) is 24.3 Å². The third kappa shape index (κ3) is 5.00. The van der Waals surface area contributed by atoms with E-state index in [0.29, 0.717) is 36.5 Å². The van der Waals surface area contributed by atoms with E-state index in [1.165, 1.54) is 0 Å². The van der Waals surface area contributed by atoms with Gasteiger partial charge in [-0.15, -0.1) is 0 Å². The maximum Gasteiger partial charge on any atom is 0.251 e. The van der Waals surface area contributed by atoms with Crippen molar-refractivity contribution in [3.05, 3.63) is 34.9 Å². The number of carbonyl (C=O) groups is 2. The second-order valence-corrected chi connectivity index (χ2v) is 6.24. The Labute approximate surface area is 135 Å². The highest BCUT2D eigenvalue weighted by molar-refractivity contribution is 6.30. The monoisotopic (exact) mass is 324 g/mol. The van der Waals surface area contributed by atoms with Crippen molar-refractivity contribution in [1.82, 2.24) is 10.6 Å². The van der Waals surface area contributed by atoms with Crippen LogP contribution < -0.4 is 10.6 Å². The highest BCUT2D eigenvalue weighted by atomic mass is 35.5. The molecule has 0 spiro atoms. The zero-order valence-corrected chi connectivity index (χ0v) is 13.2. The summed E-state index contributed by atoms with van der Waals surface area (Å²) in [7, 11) is 0. The average Bonchev–Trinajstić information content (AvgIpc) is 3.31. The predicted octanol–water partition coefficient (Wildman–Crippen LogP) is 1.74. The van der Waals surface area contributed by atoms with Crippen molar-refractivity contribution < 1.29 is 14.7 Å². The molecule has 120 valence electrons. The molecule has 0 unspecified atom stereocenters. The van der Waals surface area contributed by atoms with Crippen LogP contribution in [0.1, 0.15) is 36.0 Å². The molecular weight excluding hydrogens is 304 g/mol.